The Bertz CT molecular complexity index is 536. The quantitative estimate of drug-likeness (QED) is 0.655. The van der Waals surface area contributed by atoms with E-state index in [0.717, 1.165) is 31.4 Å². The summed E-state index contributed by atoms with van der Waals surface area (Å²) >= 11 is 0. The average Bonchev–Trinajstić information content (AvgIpc) is 2.40. The van der Waals surface area contributed by atoms with E-state index in [4.69, 9.17) is 5.73 Å². The minimum atomic E-state index is -0.923. The highest BCUT2D eigenvalue weighted by molar-refractivity contribution is 5.92. The first kappa shape index (κ1) is 14.4. The van der Waals surface area contributed by atoms with Crippen molar-refractivity contribution >= 4 is 17.3 Å². The van der Waals surface area contributed by atoms with Crippen molar-refractivity contribution in [3.63, 3.8) is 0 Å². The van der Waals surface area contributed by atoms with E-state index in [1.54, 1.807) is 0 Å². The second-order valence-electron chi connectivity index (χ2n) is 5.04. The van der Waals surface area contributed by atoms with Gasteiger partial charge in [0.1, 0.15) is 0 Å². The number of anilines is 1. The van der Waals surface area contributed by atoms with E-state index in [2.05, 4.69) is 5.32 Å². The molecule has 1 amide bonds. The molecule has 1 aliphatic rings. The lowest BCUT2D eigenvalue weighted by Gasteiger charge is -2.25. The van der Waals surface area contributed by atoms with Gasteiger partial charge < -0.3 is 11.1 Å². The van der Waals surface area contributed by atoms with Gasteiger partial charge in [0.25, 0.3) is 0 Å². The first-order valence-electron chi connectivity index (χ1n) is 6.47. The lowest BCUT2D eigenvalue weighted by Crippen LogP contribution is -2.34. The van der Waals surface area contributed by atoms with Gasteiger partial charge in [0.15, 0.2) is 0 Å². The van der Waals surface area contributed by atoms with Crippen LogP contribution >= 0.6 is 0 Å². The number of nitrogens with zero attached hydrogens (tertiary/aromatic N) is 1. The van der Waals surface area contributed by atoms with Crippen molar-refractivity contribution in [1.82, 2.24) is 0 Å². The number of benzene rings is 1. The van der Waals surface area contributed by atoms with E-state index in [0.29, 0.717) is 6.42 Å². The minimum absolute atomic E-state index is 0.0158. The Hall–Kier alpha value is -2.02. The van der Waals surface area contributed by atoms with Gasteiger partial charge in [-0.1, -0.05) is 6.42 Å². The van der Waals surface area contributed by atoms with Crippen molar-refractivity contribution in [2.45, 2.75) is 31.7 Å². The summed E-state index contributed by atoms with van der Waals surface area (Å²) in [6.45, 7) is 0. The van der Waals surface area contributed by atoms with Crippen molar-refractivity contribution in [1.29, 1.82) is 0 Å². The molecule has 1 aromatic rings. The predicted octanol–water partition coefficient (Wildman–Crippen LogP) is 2.19. The number of hydrogen-bond donors (Lipinski definition) is 2. The number of nitrogens with two attached hydrogens (primary N) is 1. The fourth-order valence-electron chi connectivity index (χ4n) is 2.44. The number of nitrogens with one attached hydrogen (secondary N) is 1. The second-order valence-corrected chi connectivity index (χ2v) is 5.04. The van der Waals surface area contributed by atoms with Gasteiger partial charge in [0.2, 0.25) is 11.7 Å². The van der Waals surface area contributed by atoms with Crippen LogP contribution in [-0.2, 0) is 4.79 Å². The summed E-state index contributed by atoms with van der Waals surface area (Å²) in [4.78, 5) is 21.9. The number of amides is 1. The maximum atomic E-state index is 13.2. The molecule has 1 fully saturated rings. The molecule has 108 valence electrons. The van der Waals surface area contributed by atoms with E-state index in [9.17, 15) is 19.3 Å². The van der Waals surface area contributed by atoms with Crippen LogP contribution < -0.4 is 11.1 Å². The number of nitro groups is 1. The van der Waals surface area contributed by atoms with Crippen LogP contribution in [0.25, 0.3) is 0 Å². The van der Waals surface area contributed by atoms with Gasteiger partial charge in [-0.3, -0.25) is 14.9 Å². The molecule has 0 spiro atoms. The standard InChI is InChI=1S/C13H16FN3O3/c14-11-5-4-10(7-12(11)17(19)20)16-13(18)8-2-1-3-9(15)6-8/h4-5,7-9H,1-3,6,15H2,(H,16,18). The van der Waals surface area contributed by atoms with E-state index < -0.39 is 16.4 Å². The molecule has 1 saturated carbocycles. The average molecular weight is 281 g/mol. The van der Waals surface area contributed by atoms with Crippen molar-refractivity contribution in [2.24, 2.45) is 11.7 Å². The highest BCUT2D eigenvalue weighted by Crippen LogP contribution is 2.26. The molecule has 0 saturated heterocycles. The Balaban J connectivity index is 2.07. The van der Waals surface area contributed by atoms with Gasteiger partial charge in [0, 0.05) is 23.7 Å². The molecule has 2 rings (SSSR count). The van der Waals surface area contributed by atoms with Gasteiger partial charge in [-0.15, -0.1) is 0 Å². The second kappa shape index (κ2) is 5.96. The molecular weight excluding hydrogens is 265 g/mol. The number of nitro benzene ring substituents is 1. The third-order valence-electron chi connectivity index (χ3n) is 3.50. The van der Waals surface area contributed by atoms with Crippen LogP contribution in [0.2, 0.25) is 0 Å². The van der Waals surface area contributed by atoms with Gasteiger partial charge in [0.05, 0.1) is 4.92 Å². The van der Waals surface area contributed by atoms with Crippen molar-refractivity contribution in [3.8, 4) is 0 Å². The Morgan fingerprint density at radius 1 is 1.45 bits per heavy atom. The maximum Gasteiger partial charge on any atom is 0.306 e. The third-order valence-corrected chi connectivity index (χ3v) is 3.50. The molecule has 7 heteroatoms. The highest BCUT2D eigenvalue weighted by Gasteiger charge is 2.26. The summed E-state index contributed by atoms with van der Waals surface area (Å²) in [5, 5.41) is 13.2. The van der Waals surface area contributed by atoms with Crippen molar-refractivity contribution in [3.05, 3.63) is 34.1 Å². The van der Waals surface area contributed by atoms with Crippen LogP contribution in [0.15, 0.2) is 18.2 Å². The number of rotatable bonds is 3. The normalized spacial score (nSPS) is 22.3. The number of hydrogen-bond acceptors (Lipinski definition) is 4. The Morgan fingerprint density at radius 2 is 2.20 bits per heavy atom. The first-order valence-corrected chi connectivity index (χ1v) is 6.47. The molecular formula is C13H16FN3O3. The van der Waals surface area contributed by atoms with E-state index in [-0.39, 0.29) is 23.6 Å². The monoisotopic (exact) mass is 281 g/mol. The molecule has 2 unspecified atom stereocenters. The van der Waals surface area contributed by atoms with Crippen LogP contribution in [0.4, 0.5) is 15.8 Å². The summed E-state index contributed by atoms with van der Waals surface area (Å²) in [5.41, 5.74) is 5.40. The zero-order chi connectivity index (χ0) is 14.7. The molecule has 2 atom stereocenters. The van der Waals surface area contributed by atoms with E-state index in [1.807, 2.05) is 0 Å². The van der Waals surface area contributed by atoms with Gasteiger partial charge in [-0.25, -0.2) is 0 Å². The largest absolute Gasteiger partial charge is 0.328 e. The molecule has 6 nitrogen and oxygen atoms in total. The fourth-order valence-corrected chi connectivity index (χ4v) is 2.44. The lowest BCUT2D eigenvalue weighted by molar-refractivity contribution is -0.387. The topological polar surface area (TPSA) is 98.3 Å². The molecule has 0 heterocycles. The van der Waals surface area contributed by atoms with Crippen LogP contribution in [0.3, 0.4) is 0 Å². The van der Waals surface area contributed by atoms with E-state index >= 15 is 0 Å². The first-order chi connectivity index (χ1) is 9.47. The Labute approximate surface area is 115 Å². The molecule has 0 bridgehead atoms. The molecule has 0 aliphatic heterocycles. The molecule has 0 radical (unpaired) electrons. The Kier molecular flexibility index (Phi) is 4.29. The molecule has 20 heavy (non-hydrogen) atoms. The van der Waals surface area contributed by atoms with Crippen LogP contribution in [0.1, 0.15) is 25.7 Å². The SMILES string of the molecule is NC1CCCC(C(=O)Nc2ccc(F)c([N+](=O)[O-])c2)C1. The molecule has 1 aromatic carbocycles. The molecule has 3 N–H and O–H groups in total. The predicted molar refractivity (Wildman–Crippen MR) is 71.6 cm³/mol. The number of halogens is 1. The fraction of sp³-hybridized carbons (Fsp3) is 0.462. The summed E-state index contributed by atoms with van der Waals surface area (Å²) < 4.78 is 13.2. The number of carbonyl (C=O) groups is 1. The highest BCUT2D eigenvalue weighted by atomic mass is 19.1. The van der Waals surface area contributed by atoms with Gasteiger partial charge >= 0.3 is 5.69 Å². The van der Waals surface area contributed by atoms with E-state index in [1.165, 1.54) is 6.07 Å². The smallest absolute Gasteiger partial charge is 0.306 e. The van der Waals surface area contributed by atoms with Crippen LogP contribution in [0, 0.1) is 21.8 Å². The summed E-state index contributed by atoms with van der Waals surface area (Å²) in [5.74, 6) is -1.34. The summed E-state index contributed by atoms with van der Waals surface area (Å²) in [7, 11) is 0. The maximum absolute atomic E-state index is 13.2. The molecule has 1 aliphatic carbocycles. The van der Waals surface area contributed by atoms with Crippen LogP contribution in [-0.4, -0.2) is 16.9 Å². The van der Waals surface area contributed by atoms with Gasteiger partial charge in [-0.05, 0) is 31.4 Å². The van der Waals surface area contributed by atoms with Crippen LogP contribution in [0.5, 0.6) is 0 Å². The lowest BCUT2D eigenvalue weighted by atomic mass is 9.85. The zero-order valence-corrected chi connectivity index (χ0v) is 10.8. The number of carbonyl (C=O) groups excluding carboxylic acids is 1. The van der Waals surface area contributed by atoms with Crippen molar-refractivity contribution < 1.29 is 14.1 Å². The zero-order valence-electron chi connectivity index (χ0n) is 10.8. The van der Waals surface area contributed by atoms with Crippen molar-refractivity contribution in [2.75, 3.05) is 5.32 Å². The molecule has 0 aromatic heterocycles. The Morgan fingerprint density at radius 3 is 2.85 bits per heavy atom. The third kappa shape index (κ3) is 3.30. The summed E-state index contributed by atoms with van der Waals surface area (Å²) in [6.07, 6.45) is 3.16. The summed E-state index contributed by atoms with van der Waals surface area (Å²) in [6, 6.07) is 3.32. The minimum Gasteiger partial charge on any atom is -0.328 e. The van der Waals surface area contributed by atoms with Gasteiger partial charge in [-0.2, -0.15) is 4.39 Å².